The molecule has 0 saturated heterocycles. The number of nitrogens with zero attached hydrogens (tertiary/aromatic N) is 1. The van der Waals surface area contributed by atoms with Crippen LogP contribution in [0.5, 0.6) is 0 Å². The highest BCUT2D eigenvalue weighted by molar-refractivity contribution is 6.08. The molecule has 0 aliphatic rings. The molecule has 0 atom stereocenters. The monoisotopic (exact) mass is 271 g/mol. The third-order valence-electron chi connectivity index (χ3n) is 3.23. The SMILES string of the molecule is CC(C)(C)CCNC(=O)c1cnc(N)c2ccccc12. The Kier molecular flexibility index (Phi) is 3.93. The van der Waals surface area contributed by atoms with E-state index in [9.17, 15) is 4.79 Å². The molecule has 0 fully saturated rings. The number of hydrogen-bond acceptors (Lipinski definition) is 3. The number of rotatable bonds is 3. The number of nitrogen functional groups attached to an aromatic ring is 1. The summed E-state index contributed by atoms with van der Waals surface area (Å²) in [6.07, 6.45) is 2.48. The van der Waals surface area contributed by atoms with Crippen molar-refractivity contribution in [1.82, 2.24) is 10.3 Å². The topological polar surface area (TPSA) is 68.0 Å². The summed E-state index contributed by atoms with van der Waals surface area (Å²) < 4.78 is 0. The lowest BCUT2D eigenvalue weighted by Gasteiger charge is -2.18. The van der Waals surface area contributed by atoms with Gasteiger partial charge in [0.05, 0.1) is 5.56 Å². The van der Waals surface area contributed by atoms with Gasteiger partial charge in [-0.15, -0.1) is 0 Å². The maximum Gasteiger partial charge on any atom is 0.253 e. The van der Waals surface area contributed by atoms with Crippen molar-refractivity contribution >= 4 is 22.5 Å². The molecule has 0 radical (unpaired) electrons. The second-order valence-corrected chi connectivity index (χ2v) is 6.17. The van der Waals surface area contributed by atoms with Gasteiger partial charge in [-0.25, -0.2) is 4.98 Å². The summed E-state index contributed by atoms with van der Waals surface area (Å²) in [6, 6.07) is 7.56. The maximum absolute atomic E-state index is 12.3. The minimum Gasteiger partial charge on any atom is -0.383 e. The molecule has 2 aromatic rings. The number of carbonyl (C=O) groups is 1. The number of pyridine rings is 1. The molecular formula is C16H21N3O. The largest absolute Gasteiger partial charge is 0.383 e. The highest BCUT2D eigenvalue weighted by Gasteiger charge is 2.14. The lowest BCUT2D eigenvalue weighted by Crippen LogP contribution is -2.27. The summed E-state index contributed by atoms with van der Waals surface area (Å²) in [7, 11) is 0. The molecule has 106 valence electrons. The summed E-state index contributed by atoms with van der Waals surface area (Å²) in [4.78, 5) is 16.4. The fourth-order valence-corrected chi connectivity index (χ4v) is 2.04. The van der Waals surface area contributed by atoms with Crippen LogP contribution < -0.4 is 11.1 Å². The molecular weight excluding hydrogens is 250 g/mol. The molecule has 0 spiro atoms. The van der Waals surface area contributed by atoms with Crippen LogP contribution in [0.3, 0.4) is 0 Å². The van der Waals surface area contributed by atoms with Crippen LogP contribution >= 0.6 is 0 Å². The number of nitrogens with one attached hydrogen (secondary N) is 1. The third-order valence-corrected chi connectivity index (χ3v) is 3.23. The van der Waals surface area contributed by atoms with Crippen LogP contribution in [-0.2, 0) is 0 Å². The Morgan fingerprint density at radius 2 is 1.90 bits per heavy atom. The Labute approximate surface area is 119 Å². The van der Waals surface area contributed by atoms with E-state index in [1.807, 2.05) is 24.3 Å². The third kappa shape index (κ3) is 3.26. The van der Waals surface area contributed by atoms with Crippen molar-refractivity contribution in [2.75, 3.05) is 12.3 Å². The van der Waals surface area contributed by atoms with Crippen molar-refractivity contribution in [3.05, 3.63) is 36.0 Å². The zero-order valence-electron chi connectivity index (χ0n) is 12.2. The van der Waals surface area contributed by atoms with Crippen molar-refractivity contribution in [2.45, 2.75) is 27.2 Å². The number of amides is 1. The second-order valence-electron chi connectivity index (χ2n) is 6.17. The molecule has 0 aliphatic carbocycles. The fraction of sp³-hybridized carbons (Fsp3) is 0.375. The number of fused-ring (bicyclic) bond motifs is 1. The minimum atomic E-state index is -0.0991. The van der Waals surface area contributed by atoms with Crippen LogP contribution in [0.1, 0.15) is 37.6 Å². The summed E-state index contributed by atoms with van der Waals surface area (Å²) in [6.45, 7) is 7.11. The Morgan fingerprint density at radius 3 is 2.55 bits per heavy atom. The number of benzene rings is 1. The van der Waals surface area contributed by atoms with Crippen LogP contribution in [0.15, 0.2) is 30.5 Å². The van der Waals surface area contributed by atoms with Crippen molar-refractivity contribution in [3.8, 4) is 0 Å². The Balaban J connectivity index is 2.21. The standard InChI is InChI=1S/C16H21N3O/c1-16(2,3)8-9-18-15(20)13-10-19-14(17)12-7-5-4-6-11(12)13/h4-7,10H,8-9H2,1-3H3,(H2,17,19)(H,18,20). The van der Waals surface area contributed by atoms with Gasteiger partial charge < -0.3 is 11.1 Å². The average Bonchev–Trinajstić information content (AvgIpc) is 2.38. The van der Waals surface area contributed by atoms with Crippen molar-refractivity contribution in [1.29, 1.82) is 0 Å². The number of anilines is 1. The number of aromatic nitrogens is 1. The Hall–Kier alpha value is -2.10. The number of nitrogens with two attached hydrogens (primary N) is 1. The van der Waals surface area contributed by atoms with Gasteiger partial charge >= 0.3 is 0 Å². The van der Waals surface area contributed by atoms with Crippen molar-refractivity contribution in [2.24, 2.45) is 5.41 Å². The summed E-state index contributed by atoms with van der Waals surface area (Å²) in [5.74, 6) is 0.352. The second kappa shape index (κ2) is 5.49. The molecule has 3 N–H and O–H groups in total. The van der Waals surface area contributed by atoms with Crippen LogP contribution in [0.2, 0.25) is 0 Å². The number of carbonyl (C=O) groups excluding carboxylic acids is 1. The van der Waals surface area contributed by atoms with Gasteiger partial charge in [0, 0.05) is 18.1 Å². The van der Waals surface area contributed by atoms with E-state index in [-0.39, 0.29) is 11.3 Å². The van der Waals surface area contributed by atoms with Gasteiger partial charge in [0.15, 0.2) is 0 Å². The molecule has 1 amide bonds. The highest BCUT2D eigenvalue weighted by atomic mass is 16.1. The number of hydrogen-bond donors (Lipinski definition) is 2. The van der Waals surface area contributed by atoms with Crippen LogP contribution in [-0.4, -0.2) is 17.4 Å². The molecule has 4 nitrogen and oxygen atoms in total. The molecule has 0 bridgehead atoms. The van der Waals surface area contributed by atoms with E-state index in [1.165, 1.54) is 0 Å². The molecule has 2 rings (SSSR count). The lowest BCUT2D eigenvalue weighted by atomic mass is 9.92. The van der Waals surface area contributed by atoms with Crippen LogP contribution in [0.25, 0.3) is 10.8 Å². The van der Waals surface area contributed by atoms with Crippen LogP contribution in [0, 0.1) is 5.41 Å². The lowest BCUT2D eigenvalue weighted by molar-refractivity contribution is 0.0951. The molecule has 1 aromatic carbocycles. The van der Waals surface area contributed by atoms with E-state index in [0.717, 1.165) is 17.2 Å². The van der Waals surface area contributed by atoms with E-state index >= 15 is 0 Å². The first kappa shape index (κ1) is 14.3. The maximum atomic E-state index is 12.3. The average molecular weight is 271 g/mol. The predicted octanol–water partition coefficient (Wildman–Crippen LogP) is 2.98. The van der Waals surface area contributed by atoms with E-state index < -0.39 is 0 Å². The fourth-order valence-electron chi connectivity index (χ4n) is 2.04. The Morgan fingerprint density at radius 1 is 1.25 bits per heavy atom. The van der Waals surface area contributed by atoms with Gasteiger partial charge in [-0.05, 0) is 17.2 Å². The van der Waals surface area contributed by atoms with Crippen LogP contribution in [0.4, 0.5) is 5.82 Å². The zero-order chi connectivity index (χ0) is 14.8. The van der Waals surface area contributed by atoms with Gasteiger partial charge in [-0.3, -0.25) is 4.79 Å². The molecule has 20 heavy (non-hydrogen) atoms. The minimum absolute atomic E-state index is 0.0991. The predicted molar refractivity (Wildman–Crippen MR) is 82.6 cm³/mol. The van der Waals surface area contributed by atoms with Gasteiger partial charge in [-0.1, -0.05) is 45.0 Å². The smallest absolute Gasteiger partial charge is 0.253 e. The quantitative estimate of drug-likeness (QED) is 0.901. The first-order chi connectivity index (χ1) is 9.38. The summed E-state index contributed by atoms with van der Waals surface area (Å²) >= 11 is 0. The summed E-state index contributed by atoms with van der Waals surface area (Å²) in [5.41, 5.74) is 6.62. The highest BCUT2D eigenvalue weighted by Crippen LogP contribution is 2.22. The van der Waals surface area contributed by atoms with E-state index in [0.29, 0.717) is 17.9 Å². The van der Waals surface area contributed by atoms with E-state index in [2.05, 4.69) is 31.1 Å². The molecule has 0 unspecified atom stereocenters. The van der Waals surface area contributed by atoms with Gasteiger partial charge in [0.2, 0.25) is 0 Å². The zero-order valence-corrected chi connectivity index (χ0v) is 12.2. The van der Waals surface area contributed by atoms with Gasteiger partial charge in [0.25, 0.3) is 5.91 Å². The molecule has 0 saturated carbocycles. The molecule has 4 heteroatoms. The molecule has 0 aliphatic heterocycles. The van der Waals surface area contributed by atoms with Crippen molar-refractivity contribution in [3.63, 3.8) is 0 Å². The molecule has 1 aromatic heterocycles. The Bertz CT molecular complexity index is 629. The molecule has 1 heterocycles. The van der Waals surface area contributed by atoms with E-state index in [4.69, 9.17) is 5.73 Å². The van der Waals surface area contributed by atoms with E-state index in [1.54, 1.807) is 6.20 Å². The first-order valence-corrected chi connectivity index (χ1v) is 6.80. The summed E-state index contributed by atoms with van der Waals surface area (Å²) in [5, 5.41) is 4.60. The normalized spacial score (nSPS) is 11.6. The van der Waals surface area contributed by atoms with Crippen molar-refractivity contribution < 1.29 is 4.79 Å². The first-order valence-electron chi connectivity index (χ1n) is 6.80. The van der Waals surface area contributed by atoms with Gasteiger partial charge in [-0.2, -0.15) is 0 Å². The van der Waals surface area contributed by atoms with Gasteiger partial charge in [0.1, 0.15) is 5.82 Å².